The zero-order valence-corrected chi connectivity index (χ0v) is 25.8. The number of hydrogen-bond acceptors (Lipinski definition) is 4. The molecule has 0 aliphatic heterocycles. The molecule has 4 aromatic carbocycles. The van der Waals surface area contributed by atoms with Gasteiger partial charge >= 0.3 is 0 Å². The third-order valence-corrected chi connectivity index (χ3v) is 9.08. The van der Waals surface area contributed by atoms with E-state index in [9.17, 15) is 5.11 Å². The molecule has 1 N–H and O–H groups in total. The van der Waals surface area contributed by atoms with Gasteiger partial charge in [0, 0.05) is 48.2 Å². The molecule has 0 spiro atoms. The molecule has 3 nitrogen and oxygen atoms in total. The summed E-state index contributed by atoms with van der Waals surface area (Å²) < 4.78 is 0. The highest BCUT2D eigenvalue weighted by Gasteiger charge is 2.37. The van der Waals surface area contributed by atoms with Crippen LogP contribution >= 0.6 is 11.8 Å². The van der Waals surface area contributed by atoms with Gasteiger partial charge in [0.25, 0.3) is 0 Å². The molecule has 0 aromatic heterocycles. The van der Waals surface area contributed by atoms with Crippen molar-refractivity contribution in [2.45, 2.75) is 57.8 Å². The van der Waals surface area contributed by atoms with Gasteiger partial charge in [-0.15, -0.1) is 11.8 Å². The van der Waals surface area contributed by atoms with Crippen molar-refractivity contribution in [3.05, 3.63) is 124 Å². The molecule has 0 heterocycles. The molecule has 0 unspecified atom stereocenters. The van der Waals surface area contributed by atoms with E-state index in [0.29, 0.717) is 0 Å². The Morgan fingerprint density at radius 1 is 0.625 bits per heavy atom. The molecule has 0 fully saturated rings. The Labute approximate surface area is 245 Å². The minimum absolute atomic E-state index is 0.885. The summed E-state index contributed by atoms with van der Waals surface area (Å²) in [6, 6.07) is 32.1. The molecular formula is C36H44N2OS. The van der Waals surface area contributed by atoms with E-state index in [2.05, 4.69) is 142 Å². The Hall–Kier alpha value is -3.21. The van der Waals surface area contributed by atoms with Crippen molar-refractivity contribution in [2.75, 3.05) is 36.0 Å². The first kappa shape index (κ1) is 29.8. The van der Waals surface area contributed by atoms with Crippen molar-refractivity contribution in [3.8, 4) is 0 Å². The van der Waals surface area contributed by atoms with Gasteiger partial charge in [0.1, 0.15) is 5.60 Å². The van der Waals surface area contributed by atoms with E-state index in [4.69, 9.17) is 0 Å². The molecule has 0 radical (unpaired) electrons. The lowest BCUT2D eigenvalue weighted by molar-refractivity contribution is 0.124. The summed E-state index contributed by atoms with van der Waals surface area (Å²) in [6.07, 6.45) is 0. The standard InChI is InChI=1S/C36H44N2OS/c1-7-37(8-2)31-20-16-27(5)34(24-31)36(39,35-25-32(21-17-28(35)6)38(9-3)10-4)30-18-22-33(23-19-30)40-26-29-14-12-11-13-15-29/h11-25,39H,7-10,26H2,1-6H3. The normalized spacial score (nSPS) is 11.5. The number of rotatable bonds is 12. The van der Waals surface area contributed by atoms with Crippen molar-refractivity contribution in [1.29, 1.82) is 0 Å². The molecule has 0 saturated heterocycles. The summed E-state index contributed by atoms with van der Waals surface area (Å²) in [7, 11) is 0. The van der Waals surface area contributed by atoms with E-state index in [1.807, 2.05) is 11.8 Å². The molecule has 0 aliphatic rings. The molecule has 40 heavy (non-hydrogen) atoms. The Balaban J connectivity index is 1.85. The second-order valence-corrected chi connectivity index (χ2v) is 11.4. The molecular weight excluding hydrogens is 508 g/mol. The minimum Gasteiger partial charge on any atom is -0.376 e. The van der Waals surface area contributed by atoms with E-state index in [0.717, 1.165) is 71.1 Å². The zero-order chi connectivity index (χ0) is 28.7. The predicted octanol–water partition coefficient (Wildman–Crippen LogP) is 8.57. The van der Waals surface area contributed by atoms with Crippen molar-refractivity contribution in [2.24, 2.45) is 0 Å². The molecule has 0 aliphatic carbocycles. The number of benzene rings is 4. The van der Waals surface area contributed by atoms with Crippen LogP contribution in [0.15, 0.2) is 95.9 Å². The fourth-order valence-corrected chi connectivity index (χ4v) is 6.41. The zero-order valence-electron chi connectivity index (χ0n) is 24.9. The molecule has 0 atom stereocenters. The first-order valence-corrected chi connectivity index (χ1v) is 15.6. The summed E-state index contributed by atoms with van der Waals surface area (Å²) in [4.78, 5) is 5.87. The Morgan fingerprint density at radius 2 is 1.10 bits per heavy atom. The van der Waals surface area contributed by atoms with Crippen LogP contribution in [0.5, 0.6) is 0 Å². The summed E-state index contributed by atoms with van der Waals surface area (Å²) in [5.74, 6) is 0.917. The molecule has 210 valence electrons. The highest BCUT2D eigenvalue weighted by atomic mass is 32.2. The van der Waals surface area contributed by atoms with Crippen LogP contribution in [0.2, 0.25) is 0 Å². The summed E-state index contributed by atoms with van der Waals surface area (Å²) in [6.45, 7) is 16.6. The van der Waals surface area contributed by atoms with E-state index in [1.54, 1.807) is 0 Å². The molecule has 4 heteroatoms. The van der Waals surface area contributed by atoms with Gasteiger partial charge in [-0.1, -0.05) is 54.6 Å². The van der Waals surface area contributed by atoms with Gasteiger partial charge in [0.15, 0.2) is 0 Å². The average molecular weight is 553 g/mol. The van der Waals surface area contributed by atoms with E-state index >= 15 is 0 Å². The van der Waals surface area contributed by atoms with Crippen LogP contribution in [-0.4, -0.2) is 31.3 Å². The SMILES string of the molecule is CCN(CC)c1ccc(C)c(C(O)(c2ccc(SCc3ccccc3)cc2)c2cc(N(CC)CC)ccc2C)c1. The average Bonchev–Trinajstić information content (AvgIpc) is 2.99. The Bertz CT molecular complexity index is 1310. The molecule has 4 aromatic rings. The minimum atomic E-state index is -1.30. The van der Waals surface area contributed by atoms with E-state index < -0.39 is 5.60 Å². The Kier molecular flexibility index (Phi) is 9.99. The van der Waals surface area contributed by atoms with Gasteiger partial charge in [0.05, 0.1) is 0 Å². The molecule has 0 amide bonds. The topological polar surface area (TPSA) is 26.7 Å². The molecule has 0 bridgehead atoms. The highest BCUT2D eigenvalue weighted by Crippen LogP contribution is 2.43. The van der Waals surface area contributed by atoms with Gasteiger partial charge in [-0.2, -0.15) is 0 Å². The van der Waals surface area contributed by atoms with Crippen LogP contribution in [0.4, 0.5) is 11.4 Å². The number of aryl methyl sites for hydroxylation is 2. The largest absolute Gasteiger partial charge is 0.376 e. The first-order chi connectivity index (χ1) is 19.3. The summed E-state index contributed by atoms with van der Waals surface area (Å²) in [5, 5.41) is 13.0. The fraction of sp³-hybridized carbons (Fsp3) is 0.333. The lowest BCUT2D eigenvalue weighted by Crippen LogP contribution is -2.32. The van der Waals surface area contributed by atoms with Gasteiger partial charge in [0.2, 0.25) is 0 Å². The number of aliphatic hydroxyl groups is 1. The number of thioether (sulfide) groups is 1. The van der Waals surface area contributed by atoms with Crippen molar-refractivity contribution >= 4 is 23.1 Å². The molecule has 0 saturated carbocycles. The molecule has 4 rings (SSSR count). The van der Waals surface area contributed by atoms with Crippen molar-refractivity contribution in [3.63, 3.8) is 0 Å². The first-order valence-electron chi connectivity index (χ1n) is 14.6. The third-order valence-electron chi connectivity index (χ3n) is 8.00. The lowest BCUT2D eigenvalue weighted by Gasteiger charge is -2.35. The maximum absolute atomic E-state index is 13.0. The van der Waals surface area contributed by atoms with Gasteiger partial charge in [-0.25, -0.2) is 0 Å². The lowest BCUT2D eigenvalue weighted by atomic mass is 9.76. The van der Waals surface area contributed by atoms with Gasteiger partial charge < -0.3 is 14.9 Å². The van der Waals surface area contributed by atoms with Crippen molar-refractivity contribution in [1.82, 2.24) is 0 Å². The number of nitrogens with zero attached hydrogens (tertiary/aromatic N) is 2. The smallest absolute Gasteiger partial charge is 0.141 e. The second-order valence-electron chi connectivity index (χ2n) is 10.4. The fourth-order valence-electron chi connectivity index (χ4n) is 5.56. The number of anilines is 2. The second kappa shape index (κ2) is 13.4. The Morgan fingerprint density at radius 3 is 1.55 bits per heavy atom. The summed E-state index contributed by atoms with van der Waals surface area (Å²) in [5.41, 5.74) is 7.18. The van der Waals surface area contributed by atoms with Crippen LogP contribution in [-0.2, 0) is 11.4 Å². The van der Waals surface area contributed by atoms with Gasteiger partial charge in [-0.05, 0) is 111 Å². The van der Waals surface area contributed by atoms with Crippen LogP contribution in [0, 0.1) is 13.8 Å². The monoisotopic (exact) mass is 552 g/mol. The van der Waals surface area contributed by atoms with Crippen LogP contribution in [0.3, 0.4) is 0 Å². The highest BCUT2D eigenvalue weighted by molar-refractivity contribution is 7.98. The van der Waals surface area contributed by atoms with Crippen molar-refractivity contribution < 1.29 is 5.11 Å². The van der Waals surface area contributed by atoms with E-state index in [1.165, 1.54) is 10.5 Å². The van der Waals surface area contributed by atoms with Gasteiger partial charge in [-0.3, -0.25) is 0 Å². The summed E-state index contributed by atoms with van der Waals surface area (Å²) >= 11 is 1.82. The van der Waals surface area contributed by atoms with E-state index in [-0.39, 0.29) is 0 Å². The third kappa shape index (κ3) is 6.24. The maximum atomic E-state index is 13.0. The predicted molar refractivity (Wildman–Crippen MR) is 174 cm³/mol. The van der Waals surface area contributed by atoms with Crippen LogP contribution in [0.1, 0.15) is 61.1 Å². The maximum Gasteiger partial charge on any atom is 0.141 e. The quantitative estimate of drug-likeness (QED) is 0.141. The number of hydrogen-bond donors (Lipinski definition) is 1. The van der Waals surface area contributed by atoms with Crippen LogP contribution in [0.25, 0.3) is 0 Å². The van der Waals surface area contributed by atoms with Crippen LogP contribution < -0.4 is 9.80 Å².